The van der Waals surface area contributed by atoms with Crippen LogP contribution < -0.4 is 5.32 Å². The highest BCUT2D eigenvalue weighted by molar-refractivity contribution is 5.83. The molecule has 0 aliphatic carbocycles. The first-order valence-corrected chi connectivity index (χ1v) is 8.16. The lowest BCUT2D eigenvalue weighted by Gasteiger charge is -2.15. The summed E-state index contributed by atoms with van der Waals surface area (Å²) >= 11 is 0. The lowest BCUT2D eigenvalue weighted by atomic mass is 10.0. The standard InChI is InChI=1S/C16H18F3N5O3/c1-2-3-7-15(23-24-15)8-6-12(25)21-11(14(26)27)5-4-10-9-20-22-13(10)16(17,18)19/h1,9,11H,3-8H2,(H,20,22)(H,21,25)(H,26,27). The molecule has 0 saturated heterocycles. The van der Waals surface area contributed by atoms with Gasteiger partial charge in [0.15, 0.2) is 5.66 Å². The zero-order valence-corrected chi connectivity index (χ0v) is 14.2. The van der Waals surface area contributed by atoms with E-state index in [0.29, 0.717) is 19.3 Å². The molecule has 1 aromatic heterocycles. The number of halogens is 3. The Morgan fingerprint density at radius 1 is 1.37 bits per heavy atom. The first-order chi connectivity index (χ1) is 12.7. The molecule has 8 nitrogen and oxygen atoms in total. The van der Waals surface area contributed by atoms with Crippen LogP contribution in [-0.4, -0.2) is 38.9 Å². The van der Waals surface area contributed by atoms with E-state index in [9.17, 15) is 27.9 Å². The summed E-state index contributed by atoms with van der Waals surface area (Å²) in [6.07, 6.45) is 2.40. The number of aliphatic carboxylic acids is 1. The fraction of sp³-hybridized carbons (Fsp3) is 0.562. The van der Waals surface area contributed by atoms with Crippen LogP contribution in [0.25, 0.3) is 0 Å². The maximum absolute atomic E-state index is 12.8. The SMILES string of the molecule is C#CCCC1(CCC(=O)NC(CCc2cn[nH]c2C(F)(F)F)C(=O)O)N=N1. The summed E-state index contributed by atoms with van der Waals surface area (Å²) in [5.74, 6) is 0.589. The second-order valence-electron chi connectivity index (χ2n) is 6.15. The van der Waals surface area contributed by atoms with Gasteiger partial charge < -0.3 is 10.4 Å². The number of aryl methyl sites for hydroxylation is 1. The fourth-order valence-corrected chi connectivity index (χ4v) is 2.55. The van der Waals surface area contributed by atoms with E-state index in [2.05, 4.69) is 26.6 Å². The van der Waals surface area contributed by atoms with E-state index in [0.717, 1.165) is 6.20 Å². The molecule has 3 N–H and O–H groups in total. The number of alkyl halides is 3. The van der Waals surface area contributed by atoms with E-state index in [1.165, 1.54) is 0 Å². The highest BCUT2D eigenvalue weighted by Gasteiger charge is 2.39. The van der Waals surface area contributed by atoms with Crippen LogP contribution >= 0.6 is 0 Å². The average molecular weight is 385 g/mol. The Kier molecular flexibility index (Phi) is 6.20. The fourth-order valence-electron chi connectivity index (χ4n) is 2.55. The zero-order valence-electron chi connectivity index (χ0n) is 14.2. The summed E-state index contributed by atoms with van der Waals surface area (Å²) in [5.41, 5.74) is -1.85. The molecule has 1 aliphatic heterocycles. The molecule has 146 valence electrons. The van der Waals surface area contributed by atoms with Crippen LogP contribution in [0, 0.1) is 12.3 Å². The molecule has 0 fully saturated rings. The van der Waals surface area contributed by atoms with Gasteiger partial charge in [-0.15, -0.1) is 12.3 Å². The van der Waals surface area contributed by atoms with Crippen molar-refractivity contribution < 1.29 is 27.9 Å². The number of amides is 1. The number of carbonyl (C=O) groups is 2. The first kappa shape index (κ1) is 20.4. The van der Waals surface area contributed by atoms with E-state index in [1.54, 1.807) is 0 Å². The third-order valence-corrected chi connectivity index (χ3v) is 4.14. The molecule has 2 rings (SSSR count). The number of nitrogens with zero attached hydrogens (tertiary/aromatic N) is 3. The van der Waals surface area contributed by atoms with Crippen molar-refractivity contribution in [2.45, 2.75) is 56.4 Å². The number of terminal acetylenes is 1. The van der Waals surface area contributed by atoms with Gasteiger partial charge in [0.05, 0.1) is 6.20 Å². The molecule has 1 atom stereocenters. The van der Waals surface area contributed by atoms with Crippen molar-refractivity contribution in [1.29, 1.82) is 0 Å². The minimum Gasteiger partial charge on any atom is -0.480 e. The van der Waals surface area contributed by atoms with Gasteiger partial charge in [0, 0.05) is 31.2 Å². The number of H-pyrrole nitrogens is 1. The smallest absolute Gasteiger partial charge is 0.433 e. The second kappa shape index (κ2) is 8.20. The van der Waals surface area contributed by atoms with Crippen LogP contribution in [0.4, 0.5) is 13.2 Å². The summed E-state index contributed by atoms with van der Waals surface area (Å²) < 4.78 is 38.4. The molecule has 1 aliphatic rings. The molecule has 0 spiro atoms. The van der Waals surface area contributed by atoms with Crippen molar-refractivity contribution in [2.75, 3.05) is 0 Å². The monoisotopic (exact) mass is 385 g/mol. The molecule has 11 heteroatoms. The third-order valence-electron chi connectivity index (χ3n) is 4.14. The van der Waals surface area contributed by atoms with Crippen molar-refractivity contribution in [3.8, 4) is 12.3 Å². The summed E-state index contributed by atoms with van der Waals surface area (Å²) in [5, 5.41) is 24.5. The molecule has 0 bridgehead atoms. The number of aromatic nitrogens is 2. The molecule has 1 unspecified atom stereocenters. The van der Waals surface area contributed by atoms with Gasteiger partial charge in [-0.05, 0) is 12.8 Å². The Hall–Kier alpha value is -2.90. The minimum atomic E-state index is -4.61. The van der Waals surface area contributed by atoms with Crippen molar-refractivity contribution in [3.63, 3.8) is 0 Å². The van der Waals surface area contributed by atoms with E-state index in [4.69, 9.17) is 6.42 Å². The maximum Gasteiger partial charge on any atom is 0.433 e. The Morgan fingerprint density at radius 2 is 2.07 bits per heavy atom. The summed E-state index contributed by atoms with van der Waals surface area (Å²) in [6.45, 7) is 0. The topological polar surface area (TPSA) is 120 Å². The summed E-state index contributed by atoms with van der Waals surface area (Å²) in [6, 6.07) is -1.32. The average Bonchev–Trinajstić information content (AvgIpc) is 3.19. The molecule has 1 amide bonds. The highest BCUT2D eigenvalue weighted by atomic mass is 19.4. The van der Waals surface area contributed by atoms with E-state index < -0.39 is 35.5 Å². The summed E-state index contributed by atoms with van der Waals surface area (Å²) in [7, 11) is 0. The zero-order chi connectivity index (χ0) is 20.1. The van der Waals surface area contributed by atoms with Crippen LogP contribution in [0.15, 0.2) is 16.4 Å². The number of nitrogens with one attached hydrogen (secondary N) is 2. The lowest BCUT2D eigenvalue weighted by molar-refractivity contribution is -0.142. The minimum absolute atomic E-state index is 0.0130. The number of hydrogen-bond donors (Lipinski definition) is 3. The molecule has 27 heavy (non-hydrogen) atoms. The number of aromatic amines is 1. The predicted molar refractivity (Wildman–Crippen MR) is 86.4 cm³/mol. The molecule has 1 aromatic rings. The van der Waals surface area contributed by atoms with Gasteiger partial charge in [-0.2, -0.15) is 28.5 Å². The predicted octanol–water partition coefficient (Wildman–Crippen LogP) is 2.29. The molecular weight excluding hydrogens is 367 g/mol. The van der Waals surface area contributed by atoms with Crippen LogP contribution in [0.5, 0.6) is 0 Å². The van der Waals surface area contributed by atoms with E-state index in [-0.39, 0.29) is 24.8 Å². The van der Waals surface area contributed by atoms with Crippen molar-refractivity contribution >= 4 is 11.9 Å². The lowest BCUT2D eigenvalue weighted by Crippen LogP contribution is -2.41. The third kappa shape index (κ3) is 5.80. The summed E-state index contributed by atoms with van der Waals surface area (Å²) in [4.78, 5) is 23.3. The Bertz CT molecular complexity index is 760. The Morgan fingerprint density at radius 3 is 2.63 bits per heavy atom. The molecule has 2 heterocycles. The highest BCUT2D eigenvalue weighted by Crippen LogP contribution is 2.37. The number of hydrogen-bond acceptors (Lipinski definition) is 5. The van der Waals surface area contributed by atoms with Gasteiger partial charge >= 0.3 is 12.1 Å². The van der Waals surface area contributed by atoms with Gasteiger partial charge in [-0.1, -0.05) is 0 Å². The molecule has 0 aromatic carbocycles. The van der Waals surface area contributed by atoms with Crippen molar-refractivity contribution in [3.05, 3.63) is 17.5 Å². The number of carboxylic acid groups (broad SMARTS) is 1. The van der Waals surface area contributed by atoms with Crippen LogP contribution in [0.1, 0.15) is 43.4 Å². The van der Waals surface area contributed by atoms with Crippen molar-refractivity contribution in [2.24, 2.45) is 10.2 Å². The maximum atomic E-state index is 12.8. The first-order valence-electron chi connectivity index (χ1n) is 8.16. The van der Waals surface area contributed by atoms with Crippen LogP contribution in [0.2, 0.25) is 0 Å². The molecular formula is C16H18F3N5O3. The van der Waals surface area contributed by atoms with Gasteiger partial charge in [-0.25, -0.2) is 4.79 Å². The second-order valence-corrected chi connectivity index (χ2v) is 6.15. The number of carbonyl (C=O) groups excluding carboxylic acids is 1. The van der Waals surface area contributed by atoms with Gasteiger partial charge in [0.2, 0.25) is 5.91 Å². The molecule has 0 saturated carbocycles. The van der Waals surface area contributed by atoms with Gasteiger partial charge in [0.25, 0.3) is 0 Å². The largest absolute Gasteiger partial charge is 0.480 e. The Balaban J connectivity index is 1.85. The van der Waals surface area contributed by atoms with E-state index in [1.807, 2.05) is 5.10 Å². The van der Waals surface area contributed by atoms with Crippen LogP contribution in [-0.2, 0) is 22.2 Å². The van der Waals surface area contributed by atoms with Crippen molar-refractivity contribution in [1.82, 2.24) is 15.5 Å². The van der Waals surface area contributed by atoms with Crippen LogP contribution in [0.3, 0.4) is 0 Å². The molecule has 0 radical (unpaired) electrons. The van der Waals surface area contributed by atoms with Gasteiger partial charge in [-0.3, -0.25) is 9.89 Å². The number of rotatable bonds is 10. The van der Waals surface area contributed by atoms with Gasteiger partial charge in [0.1, 0.15) is 11.7 Å². The quantitative estimate of drug-likeness (QED) is 0.535. The number of carboxylic acids is 1. The normalized spacial score (nSPS) is 15.8. The Labute approximate surface area is 152 Å². The van der Waals surface area contributed by atoms with E-state index >= 15 is 0 Å².